The van der Waals surface area contributed by atoms with E-state index in [1.807, 2.05) is 53.2 Å². The fraction of sp³-hybridized carbons (Fsp3) is 0.208. The number of urea groups is 1. The van der Waals surface area contributed by atoms with Gasteiger partial charge in [-0.15, -0.1) is 6.58 Å². The van der Waals surface area contributed by atoms with Gasteiger partial charge in [-0.05, 0) is 53.9 Å². The predicted octanol–water partition coefficient (Wildman–Crippen LogP) is 5.46. The standard InChI is InChI=1S/C24H26FN3O/c1-3-14-28(24(29)26-22-12-10-19(4-2)11-13-22)18-23-9-6-15-27(23)17-20-7-5-8-21(25)16-20/h3,5-13,15-16H,1,4,14,17-18H2,2H3,(H,26,29). The van der Waals surface area contributed by atoms with Crippen LogP contribution in [0.5, 0.6) is 0 Å². The highest BCUT2D eigenvalue weighted by atomic mass is 19.1. The topological polar surface area (TPSA) is 37.3 Å². The van der Waals surface area contributed by atoms with Crippen molar-refractivity contribution in [2.45, 2.75) is 26.4 Å². The molecule has 1 heterocycles. The Hall–Kier alpha value is -3.34. The highest BCUT2D eigenvalue weighted by Crippen LogP contribution is 2.14. The summed E-state index contributed by atoms with van der Waals surface area (Å²) >= 11 is 0. The number of amides is 2. The number of hydrogen-bond acceptors (Lipinski definition) is 1. The third-order valence-electron chi connectivity index (χ3n) is 4.77. The molecule has 0 saturated heterocycles. The molecule has 0 fully saturated rings. The first kappa shape index (κ1) is 20.4. The zero-order valence-corrected chi connectivity index (χ0v) is 16.6. The minimum Gasteiger partial charge on any atom is -0.345 e. The summed E-state index contributed by atoms with van der Waals surface area (Å²) in [5, 5.41) is 2.95. The van der Waals surface area contributed by atoms with Gasteiger partial charge in [0.05, 0.1) is 6.54 Å². The van der Waals surface area contributed by atoms with E-state index < -0.39 is 0 Å². The summed E-state index contributed by atoms with van der Waals surface area (Å²) in [5.74, 6) is -0.252. The van der Waals surface area contributed by atoms with Crippen molar-refractivity contribution in [3.8, 4) is 0 Å². The normalized spacial score (nSPS) is 10.6. The van der Waals surface area contributed by atoms with Crippen LogP contribution in [-0.4, -0.2) is 22.0 Å². The lowest BCUT2D eigenvalue weighted by Gasteiger charge is -2.23. The molecule has 29 heavy (non-hydrogen) atoms. The van der Waals surface area contributed by atoms with Crippen LogP contribution in [0.2, 0.25) is 0 Å². The van der Waals surface area contributed by atoms with Gasteiger partial charge in [0.1, 0.15) is 5.82 Å². The minimum atomic E-state index is -0.252. The highest BCUT2D eigenvalue weighted by Gasteiger charge is 2.15. The van der Waals surface area contributed by atoms with E-state index in [1.54, 1.807) is 17.0 Å². The number of nitrogens with zero attached hydrogens (tertiary/aromatic N) is 2. The summed E-state index contributed by atoms with van der Waals surface area (Å²) < 4.78 is 15.5. The molecule has 0 bridgehead atoms. The molecule has 150 valence electrons. The number of hydrogen-bond donors (Lipinski definition) is 1. The average Bonchev–Trinajstić information content (AvgIpc) is 3.15. The fourth-order valence-electron chi connectivity index (χ4n) is 3.18. The highest BCUT2D eigenvalue weighted by molar-refractivity contribution is 5.89. The molecule has 0 saturated carbocycles. The van der Waals surface area contributed by atoms with E-state index in [1.165, 1.54) is 17.7 Å². The summed E-state index contributed by atoms with van der Waals surface area (Å²) in [6.45, 7) is 7.26. The first-order valence-electron chi connectivity index (χ1n) is 9.73. The van der Waals surface area contributed by atoms with Crippen molar-refractivity contribution in [1.29, 1.82) is 0 Å². The van der Waals surface area contributed by atoms with E-state index in [0.717, 1.165) is 23.4 Å². The van der Waals surface area contributed by atoms with Gasteiger partial charge in [-0.2, -0.15) is 0 Å². The van der Waals surface area contributed by atoms with Crippen molar-refractivity contribution in [2.75, 3.05) is 11.9 Å². The second-order valence-electron chi connectivity index (χ2n) is 6.91. The van der Waals surface area contributed by atoms with Crippen LogP contribution in [0.4, 0.5) is 14.9 Å². The molecule has 0 radical (unpaired) electrons. The lowest BCUT2D eigenvalue weighted by atomic mass is 10.1. The first-order chi connectivity index (χ1) is 14.1. The molecular formula is C24H26FN3O. The van der Waals surface area contributed by atoms with Gasteiger partial charge < -0.3 is 14.8 Å². The molecule has 0 unspecified atom stereocenters. The molecule has 0 spiro atoms. The Morgan fingerprint density at radius 1 is 1.14 bits per heavy atom. The van der Waals surface area contributed by atoms with Gasteiger partial charge in [-0.25, -0.2) is 9.18 Å². The van der Waals surface area contributed by atoms with Crippen LogP contribution in [0.3, 0.4) is 0 Å². The van der Waals surface area contributed by atoms with E-state index in [2.05, 4.69) is 18.8 Å². The monoisotopic (exact) mass is 391 g/mol. The number of aromatic nitrogens is 1. The Labute approximate surface area is 171 Å². The van der Waals surface area contributed by atoms with Gasteiger partial charge in [0.25, 0.3) is 0 Å². The molecule has 5 heteroatoms. The minimum absolute atomic E-state index is 0.187. The van der Waals surface area contributed by atoms with Crippen molar-refractivity contribution in [1.82, 2.24) is 9.47 Å². The Kier molecular flexibility index (Phi) is 6.85. The summed E-state index contributed by atoms with van der Waals surface area (Å²) in [6, 6.07) is 18.1. The second kappa shape index (κ2) is 9.73. The van der Waals surface area contributed by atoms with Crippen LogP contribution in [0.1, 0.15) is 23.7 Å². The Balaban J connectivity index is 1.70. The van der Waals surface area contributed by atoms with E-state index in [4.69, 9.17) is 0 Å². The van der Waals surface area contributed by atoms with Gasteiger partial charge in [0, 0.05) is 30.7 Å². The molecule has 3 rings (SSSR count). The van der Waals surface area contributed by atoms with E-state index in [0.29, 0.717) is 19.6 Å². The molecule has 0 aliphatic heterocycles. The fourth-order valence-corrected chi connectivity index (χ4v) is 3.18. The summed E-state index contributed by atoms with van der Waals surface area (Å²) in [6.07, 6.45) is 4.60. The number of anilines is 1. The molecule has 3 aromatic rings. The molecule has 0 atom stereocenters. The molecule has 0 aliphatic rings. The number of aryl methyl sites for hydroxylation is 1. The van der Waals surface area contributed by atoms with Crippen LogP contribution in [0.25, 0.3) is 0 Å². The third kappa shape index (κ3) is 5.57. The quantitative estimate of drug-likeness (QED) is 0.509. The molecule has 2 amide bonds. The van der Waals surface area contributed by atoms with Crippen molar-refractivity contribution in [3.63, 3.8) is 0 Å². The van der Waals surface area contributed by atoms with Crippen LogP contribution >= 0.6 is 0 Å². The number of benzene rings is 2. The maximum absolute atomic E-state index is 13.5. The largest absolute Gasteiger partial charge is 0.345 e. The lowest BCUT2D eigenvalue weighted by Crippen LogP contribution is -2.35. The number of rotatable bonds is 8. The van der Waals surface area contributed by atoms with Gasteiger partial charge >= 0.3 is 6.03 Å². The molecule has 4 nitrogen and oxygen atoms in total. The summed E-state index contributed by atoms with van der Waals surface area (Å²) in [7, 11) is 0. The van der Waals surface area contributed by atoms with Crippen molar-refractivity contribution in [2.24, 2.45) is 0 Å². The molecular weight excluding hydrogens is 365 g/mol. The van der Waals surface area contributed by atoms with E-state index >= 15 is 0 Å². The van der Waals surface area contributed by atoms with Crippen LogP contribution in [0.15, 0.2) is 79.5 Å². The Bertz CT molecular complexity index is 962. The van der Waals surface area contributed by atoms with Crippen molar-refractivity contribution in [3.05, 3.63) is 102 Å². The summed E-state index contributed by atoms with van der Waals surface area (Å²) in [4.78, 5) is 14.5. The zero-order chi connectivity index (χ0) is 20.6. The van der Waals surface area contributed by atoms with E-state index in [-0.39, 0.29) is 11.8 Å². The maximum Gasteiger partial charge on any atom is 0.322 e. The van der Waals surface area contributed by atoms with Crippen LogP contribution in [0, 0.1) is 5.82 Å². The summed E-state index contributed by atoms with van der Waals surface area (Å²) in [5.41, 5.74) is 3.82. The van der Waals surface area contributed by atoms with Crippen LogP contribution < -0.4 is 5.32 Å². The van der Waals surface area contributed by atoms with Gasteiger partial charge in [-0.3, -0.25) is 0 Å². The third-order valence-corrected chi connectivity index (χ3v) is 4.77. The Morgan fingerprint density at radius 3 is 2.62 bits per heavy atom. The smallest absolute Gasteiger partial charge is 0.322 e. The first-order valence-corrected chi connectivity index (χ1v) is 9.73. The average molecular weight is 391 g/mol. The zero-order valence-electron chi connectivity index (χ0n) is 16.6. The molecule has 1 aromatic heterocycles. The SMILES string of the molecule is C=CCN(Cc1cccn1Cc1cccc(F)c1)C(=O)Nc1ccc(CC)cc1. The van der Waals surface area contributed by atoms with Crippen molar-refractivity contribution < 1.29 is 9.18 Å². The van der Waals surface area contributed by atoms with Gasteiger partial charge in [-0.1, -0.05) is 37.3 Å². The molecule has 0 aliphatic carbocycles. The predicted molar refractivity (Wildman–Crippen MR) is 115 cm³/mol. The number of halogens is 1. The van der Waals surface area contributed by atoms with Crippen LogP contribution in [-0.2, 0) is 19.5 Å². The second-order valence-corrected chi connectivity index (χ2v) is 6.91. The number of carbonyl (C=O) groups excluding carboxylic acids is 1. The Morgan fingerprint density at radius 2 is 1.93 bits per heavy atom. The molecule has 2 aromatic carbocycles. The lowest BCUT2D eigenvalue weighted by molar-refractivity contribution is 0.214. The van der Waals surface area contributed by atoms with Gasteiger partial charge in [0.15, 0.2) is 0 Å². The maximum atomic E-state index is 13.5. The molecule has 1 N–H and O–H groups in total. The number of carbonyl (C=O) groups is 1. The van der Waals surface area contributed by atoms with Crippen molar-refractivity contribution >= 4 is 11.7 Å². The van der Waals surface area contributed by atoms with Gasteiger partial charge in [0.2, 0.25) is 0 Å². The van der Waals surface area contributed by atoms with E-state index in [9.17, 15) is 9.18 Å². The number of nitrogens with one attached hydrogen (secondary N) is 1.